The molecule has 1 rings (SSSR count). The first-order chi connectivity index (χ1) is 8.56. The Kier molecular flexibility index (Phi) is 5.85. The van der Waals surface area contributed by atoms with Crippen molar-refractivity contribution in [1.29, 1.82) is 0 Å². The van der Waals surface area contributed by atoms with Crippen LogP contribution in [0.15, 0.2) is 23.1 Å². The van der Waals surface area contributed by atoms with Crippen LogP contribution >= 0.6 is 11.8 Å². The fourth-order valence-corrected chi connectivity index (χ4v) is 2.49. The average Bonchev–Trinajstić information content (AvgIpc) is 2.33. The number of hydrogen-bond donors (Lipinski definition) is 1. The SMILES string of the molecule is CCOc1ccc(N)c(SC(C)CC(=O)OC)c1. The number of nitrogens with two attached hydrogens (primary N) is 1. The van der Waals surface area contributed by atoms with Gasteiger partial charge < -0.3 is 15.2 Å². The lowest BCUT2D eigenvalue weighted by Crippen LogP contribution is -2.08. The first-order valence-electron chi connectivity index (χ1n) is 5.82. The van der Waals surface area contributed by atoms with Gasteiger partial charge in [0, 0.05) is 15.8 Å². The summed E-state index contributed by atoms with van der Waals surface area (Å²) in [6.45, 7) is 4.52. The lowest BCUT2D eigenvalue weighted by molar-refractivity contribution is -0.140. The van der Waals surface area contributed by atoms with E-state index < -0.39 is 0 Å². The van der Waals surface area contributed by atoms with Gasteiger partial charge in [-0.2, -0.15) is 0 Å². The summed E-state index contributed by atoms with van der Waals surface area (Å²) in [4.78, 5) is 12.1. The van der Waals surface area contributed by atoms with Crippen LogP contribution in [-0.2, 0) is 9.53 Å². The summed E-state index contributed by atoms with van der Waals surface area (Å²) in [5, 5.41) is 0.108. The number of methoxy groups -OCH3 is 1. The fraction of sp³-hybridized carbons (Fsp3) is 0.462. The van der Waals surface area contributed by atoms with Gasteiger partial charge in [-0.25, -0.2) is 0 Å². The number of ether oxygens (including phenoxy) is 2. The number of anilines is 1. The molecule has 0 aliphatic rings. The molecule has 4 nitrogen and oxygen atoms in total. The Bertz CT molecular complexity index is 409. The Morgan fingerprint density at radius 3 is 2.83 bits per heavy atom. The molecule has 0 saturated heterocycles. The minimum absolute atomic E-state index is 0.108. The summed E-state index contributed by atoms with van der Waals surface area (Å²) in [6.07, 6.45) is 0.361. The van der Waals surface area contributed by atoms with Gasteiger partial charge in [0.1, 0.15) is 5.75 Å². The van der Waals surface area contributed by atoms with Crippen molar-refractivity contribution in [3.05, 3.63) is 18.2 Å². The van der Waals surface area contributed by atoms with Gasteiger partial charge in [-0.15, -0.1) is 11.8 Å². The molecule has 0 radical (unpaired) electrons. The molecule has 100 valence electrons. The van der Waals surface area contributed by atoms with E-state index in [0.29, 0.717) is 18.7 Å². The maximum absolute atomic E-state index is 11.2. The number of carbonyl (C=O) groups is 1. The Morgan fingerprint density at radius 1 is 1.50 bits per heavy atom. The molecule has 0 aromatic heterocycles. The smallest absolute Gasteiger partial charge is 0.306 e. The van der Waals surface area contributed by atoms with Gasteiger partial charge in [0.05, 0.1) is 20.1 Å². The van der Waals surface area contributed by atoms with Crippen molar-refractivity contribution in [2.24, 2.45) is 0 Å². The molecule has 0 bridgehead atoms. The van der Waals surface area contributed by atoms with Crippen molar-refractivity contribution in [2.45, 2.75) is 30.4 Å². The molecule has 0 aliphatic carbocycles. The minimum Gasteiger partial charge on any atom is -0.494 e. The van der Waals surface area contributed by atoms with E-state index in [4.69, 9.17) is 10.5 Å². The average molecular weight is 269 g/mol. The number of thioether (sulfide) groups is 1. The number of hydrogen-bond acceptors (Lipinski definition) is 5. The maximum atomic E-state index is 11.2. The standard InChI is InChI=1S/C13H19NO3S/c1-4-17-10-5-6-11(14)12(8-10)18-9(2)7-13(15)16-3/h5-6,8-9H,4,7,14H2,1-3H3. The maximum Gasteiger partial charge on any atom is 0.306 e. The van der Waals surface area contributed by atoms with E-state index in [1.54, 1.807) is 11.8 Å². The van der Waals surface area contributed by atoms with E-state index in [2.05, 4.69) is 4.74 Å². The third kappa shape index (κ3) is 4.49. The normalized spacial score (nSPS) is 11.9. The minimum atomic E-state index is -0.213. The summed E-state index contributed by atoms with van der Waals surface area (Å²) in [5.74, 6) is 0.578. The van der Waals surface area contributed by atoms with Crippen LogP contribution in [0.4, 0.5) is 5.69 Å². The summed E-state index contributed by atoms with van der Waals surface area (Å²) in [7, 11) is 1.39. The van der Waals surface area contributed by atoms with E-state index in [1.165, 1.54) is 7.11 Å². The highest BCUT2D eigenvalue weighted by molar-refractivity contribution is 8.00. The topological polar surface area (TPSA) is 61.5 Å². The van der Waals surface area contributed by atoms with Crippen molar-refractivity contribution in [3.8, 4) is 5.75 Å². The first kappa shape index (κ1) is 14.7. The molecule has 1 unspecified atom stereocenters. The molecule has 5 heteroatoms. The third-order valence-electron chi connectivity index (χ3n) is 2.31. The Labute approximate surface area is 112 Å². The van der Waals surface area contributed by atoms with Gasteiger partial charge >= 0.3 is 5.97 Å². The number of carbonyl (C=O) groups excluding carboxylic acids is 1. The van der Waals surface area contributed by atoms with E-state index in [9.17, 15) is 4.79 Å². The third-order valence-corrected chi connectivity index (χ3v) is 3.48. The summed E-state index contributed by atoms with van der Waals surface area (Å²) in [5.41, 5.74) is 6.60. The lowest BCUT2D eigenvalue weighted by atomic mass is 10.3. The Morgan fingerprint density at radius 2 is 2.22 bits per heavy atom. The number of nitrogen functional groups attached to an aromatic ring is 1. The molecule has 0 amide bonds. The van der Waals surface area contributed by atoms with Crippen LogP contribution in [0.3, 0.4) is 0 Å². The molecule has 18 heavy (non-hydrogen) atoms. The quantitative estimate of drug-likeness (QED) is 0.489. The molecule has 0 aliphatic heterocycles. The van der Waals surface area contributed by atoms with E-state index >= 15 is 0 Å². The molecular formula is C13H19NO3S. The van der Waals surface area contributed by atoms with Crippen LogP contribution in [0.25, 0.3) is 0 Å². The predicted octanol–water partition coefficient (Wildman–Crippen LogP) is 2.71. The summed E-state index contributed by atoms with van der Waals surface area (Å²) >= 11 is 1.55. The van der Waals surface area contributed by atoms with Crippen LogP contribution in [-0.4, -0.2) is 24.9 Å². The zero-order valence-corrected chi connectivity index (χ0v) is 11.8. The van der Waals surface area contributed by atoms with Gasteiger partial charge in [0.2, 0.25) is 0 Å². The van der Waals surface area contributed by atoms with Crippen molar-refractivity contribution < 1.29 is 14.3 Å². The van der Waals surface area contributed by atoms with Crippen molar-refractivity contribution >= 4 is 23.4 Å². The van der Waals surface area contributed by atoms with Crippen LogP contribution in [0.1, 0.15) is 20.3 Å². The van der Waals surface area contributed by atoms with Gasteiger partial charge in [-0.3, -0.25) is 4.79 Å². The van der Waals surface area contributed by atoms with Gasteiger partial charge in [0.15, 0.2) is 0 Å². The molecule has 2 N–H and O–H groups in total. The Balaban J connectivity index is 2.70. The van der Waals surface area contributed by atoms with Crippen LogP contribution in [0, 0.1) is 0 Å². The van der Waals surface area contributed by atoms with E-state index in [-0.39, 0.29) is 11.2 Å². The highest BCUT2D eigenvalue weighted by Gasteiger charge is 2.12. The Hall–Kier alpha value is -1.36. The van der Waals surface area contributed by atoms with E-state index in [0.717, 1.165) is 10.6 Å². The molecule has 0 fully saturated rings. The number of esters is 1. The first-order valence-corrected chi connectivity index (χ1v) is 6.70. The second-order valence-electron chi connectivity index (χ2n) is 3.84. The number of benzene rings is 1. The van der Waals surface area contributed by atoms with E-state index in [1.807, 2.05) is 32.0 Å². The monoisotopic (exact) mass is 269 g/mol. The van der Waals surface area contributed by atoms with Crippen LogP contribution < -0.4 is 10.5 Å². The summed E-state index contributed by atoms with van der Waals surface area (Å²) < 4.78 is 10.1. The summed E-state index contributed by atoms with van der Waals surface area (Å²) in [6, 6.07) is 5.56. The lowest BCUT2D eigenvalue weighted by Gasteiger charge is -2.13. The molecule has 1 aromatic rings. The number of rotatable bonds is 6. The van der Waals surface area contributed by atoms with Crippen molar-refractivity contribution in [3.63, 3.8) is 0 Å². The largest absolute Gasteiger partial charge is 0.494 e. The molecular weight excluding hydrogens is 250 g/mol. The zero-order chi connectivity index (χ0) is 13.5. The second-order valence-corrected chi connectivity index (χ2v) is 5.32. The zero-order valence-electron chi connectivity index (χ0n) is 10.9. The second kappa shape index (κ2) is 7.16. The van der Waals surface area contributed by atoms with Gasteiger partial charge in [-0.1, -0.05) is 6.92 Å². The molecule has 0 spiro atoms. The molecule has 0 heterocycles. The fourth-order valence-electron chi connectivity index (χ4n) is 1.45. The van der Waals surface area contributed by atoms with Crippen LogP contribution in [0.5, 0.6) is 5.75 Å². The van der Waals surface area contributed by atoms with Crippen molar-refractivity contribution in [1.82, 2.24) is 0 Å². The molecule has 0 saturated carbocycles. The predicted molar refractivity (Wildman–Crippen MR) is 74.0 cm³/mol. The molecule has 1 aromatic carbocycles. The highest BCUT2D eigenvalue weighted by Crippen LogP contribution is 2.33. The highest BCUT2D eigenvalue weighted by atomic mass is 32.2. The van der Waals surface area contributed by atoms with Gasteiger partial charge in [-0.05, 0) is 25.1 Å². The van der Waals surface area contributed by atoms with Gasteiger partial charge in [0.25, 0.3) is 0 Å². The van der Waals surface area contributed by atoms with Crippen molar-refractivity contribution in [2.75, 3.05) is 19.5 Å². The molecule has 1 atom stereocenters. The van der Waals surface area contributed by atoms with Crippen LogP contribution in [0.2, 0.25) is 0 Å².